The third-order valence-electron chi connectivity index (χ3n) is 2.61. The fourth-order valence-electron chi connectivity index (χ4n) is 1.75. The van der Waals surface area contributed by atoms with Crippen molar-refractivity contribution in [2.45, 2.75) is 19.6 Å². The molecule has 0 aliphatic heterocycles. The van der Waals surface area contributed by atoms with Gasteiger partial charge in [0.1, 0.15) is 0 Å². The molecule has 90 valence electrons. The van der Waals surface area contributed by atoms with Gasteiger partial charge in [-0.15, -0.1) is 0 Å². The summed E-state index contributed by atoms with van der Waals surface area (Å²) in [5.74, 6) is 0. The summed E-state index contributed by atoms with van der Waals surface area (Å²) in [6.45, 7) is 2.73. The van der Waals surface area contributed by atoms with Crippen LogP contribution in [0.15, 0.2) is 36.5 Å². The Balaban J connectivity index is 2.05. The Bertz CT molecular complexity index is 453. The molecule has 0 saturated heterocycles. The van der Waals surface area contributed by atoms with Gasteiger partial charge in [-0.05, 0) is 30.7 Å². The minimum atomic E-state index is 0.204. The SMILES string of the molecule is COCc1cccc(NC(C)c2ccn[nH]2)c1. The monoisotopic (exact) mass is 231 g/mol. The normalized spacial score (nSPS) is 12.4. The lowest BCUT2D eigenvalue weighted by Gasteiger charge is -2.14. The maximum Gasteiger partial charge on any atom is 0.0713 e. The number of anilines is 1. The zero-order valence-electron chi connectivity index (χ0n) is 10.1. The third kappa shape index (κ3) is 3.07. The van der Waals surface area contributed by atoms with E-state index in [-0.39, 0.29) is 6.04 Å². The van der Waals surface area contributed by atoms with E-state index in [4.69, 9.17) is 4.74 Å². The zero-order chi connectivity index (χ0) is 12.1. The van der Waals surface area contributed by atoms with Gasteiger partial charge in [0.25, 0.3) is 0 Å². The van der Waals surface area contributed by atoms with Gasteiger partial charge in [0.2, 0.25) is 0 Å². The number of ether oxygens (including phenoxy) is 1. The second-order valence-electron chi connectivity index (χ2n) is 4.01. The first kappa shape index (κ1) is 11.7. The molecule has 4 heteroatoms. The van der Waals surface area contributed by atoms with E-state index in [0.29, 0.717) is 6.61 Å². The Morgan fingerprint density at radius 2 is 2.29 bits per heavy atom. The minimum Gasteiger partial charge on any atom is -0.380 e. The van der Waals surface area contributed by atoms with Crippen molar-refractivity contribution < 1.29 is 4.74 Å². The van der Waals surface area contributed by atoms with Crippen molar-refractivity contribution in [2.24, 2.45) is 0 Å². The van der Waals surface area contributed by atoms with Gasteiger partial charge < -0.3 is 10.1 Å². The Hall–Kier alpha value is -1.81. The second-order valence-corrected chi connectivity index (χ2v) is 4.01. The molecule has 1 aromatic carbocycles. The van der Waals surface area contributed by atoms with E-state index in [0.717, 1.165) is 16.9 Å². The van der Waals surface area contributed by atoms with Crippen LogP contribution < -0.4 is 5.32 Å². The summed E-state index contributed by atoms with van der Waals surface area (Å²) in [6.07, 6.45) is 1.76. The predicted octanol–water partition coefficient (Wildman–Crippen LogP) is 2.73. The van der Waals surface area contributed by atoms with E-state index >= 15 is 0 Å². The van der Waals surface area contributed by atoms with Gasteiger partial charge >= 0.3 is 0 Å². The number of nitrogens with one attached hydrogen (secondary N) is 2. The lowest BCUT2D eigenvalue weighted by atomic mass is 10.2. The second kappa shape index (κ2) is 5.50. The largest absolute Gasteiger partial charge is 0.380 e. The molecule has 2 aromatic rings. The van der Waals surface area contributed by atoms with Crippen LogP contribution >= 0.6 is 0 Å². The molecule has 0 aliphatic carbocycles. The van der Waals surface area contributed by atoms with Crippen LogP contribution in [-0.2, 0) is 11.3 Å². The van der Waals surface area contributed by atoms with Gasteiger partial charge in [0.15, 0.2) is 0 Å². The molecule has 0 radical (unpaired) electrons. The molecule has 0 saturated carbocycles. The molecule has 0 amide bonds. The van der Waals surface area contributed by atoms with Crippen LogP contribution in [0, 0.1) is 0 Å². The van der Waals surface area contributed by atoms with Crippen LogP contribution in [0.5, 0.6) is 0 Å². The summed E-state index contributed by atoms with van der Waals surface area (Å²) in [7, 11) is 1.70. The van der Waals surface area contributed by atoms with Crippen LogP contribution in [0.2, 0.25) is 0 Å². The van der Waals surface area contributed by atoms with Gasteiger partial charge in [-0.1, -0.05) is 12.1 Å². The smallest absolute Gasteiger partial charge is 0.0713 e. The predicted molar refractivity (Wildman–Crippen MR) is 67.8 cm³/mol. The minimum absolute atomic E-state index is 0.204. The first-order valence-corrected chi connectivity index (χ1v) is 5.63. The van der Waals surface area contributed by atoms with E-state index in [1.165, 1.54) is 0 Å². The molecule has 0 aliphatic rings. The van der Waals surface area contributed by atoms with Crippen molar-refractivity contribution in [3.63, 3.8) is 0 Å². The number of hydrogen-bond donors (Lipinski definition) is 2. The van der Waals surface area contributed by atoms with E-state index in [2.05, 4.69) is 34.6 Å². The number of hydrogen-bond acceptors (Lipinski definition) is 3. The number of aromatic amines is 1. The Kier molecular flexibility index (Phi) is 3.77. The highest BCUT2D eigenvalue weighted by Gasteiger charge is 2.06. The first-order valence-electron chi connectivity index (χ1n) is 5.63. The Morgan fingerprint density at radius 1 is 1.41 bits per heavy atom. The molecule has 4 nitrogen and oxygen atoms in total. The van der Waals surface area contributed by atoms with E-state index in [9.17, 15) is 0 Å². The average Bonchev–Trinajstić information content (AvgIpc) is 2.83. The van der Waals surface area contributed by atoms with Crippen molar-refractivity contribution in [3.05, 3.63) is 47.8 Å². The molecule has 2 N–H and O–H groups in total. The Morgan fingerprint density at radius 3 is 3.00 bits per heavy atom. The standard InChI is InChI=1S/C13H17N3O/c1-10(13-6-7-14-16-13)15-12-5-3-4-11(8-12)9-17-2/h3-8,10,15H,9H2,1-2H3,(H,14,16). The van der Waals surface area contributed by atoms with Gasteiger partial charge in [-0.25, -0.2) is 0 Å². The molecule has 0 spiro atoms. The highest BCUT2D eigenvalue weighted by molar-refractivity contribution is 5.47. The van der Waals surface area contributed by atoms with E-state index in [1.807, 2.05) is 18.2 Å². The highest BCUT2D eigenvalue weighted by Crippen LogP contribution is 2.18. The fraction of sp³-hybridized carbons (Fsp3) is 0.308. The lowest BCUT2D eigenvalue weighted by Crippen LogP contribution is -2.07. The van der Waals surface area contributed by atoms with Gasteiger partial charge in [0.05, 0.1) is 18.3 Å². The molecule has 1 unspecified atom stereocenters. The fourth-order valence-corrected chi connectivity index (χ4v) is 1.75. The van der Waals surface area contributed by atoms with Crippen LogP contribution in [0.25, 0.3) is 0 Å². The summed E-state index contributed by atoms with van der Waals surface area (Å²) in [4.78, 5) is 0. The first-order chi connectivity index (χ1) is 8.29. The van der Waals surface area contributed by atoms with Crippen molar-refractivity contribution in [1.82, 2.24) is 10.2 Å². The molecule has 0 bridgehead atoms. The van der Waals surface area contributed by atoms with Gasteiger partial charge in [0, 0.05) is 19.0 Å². The topological polar surface area (TPSA) is 49.9 Å². The van der Waals surface area contributed by atoms with Crippen LogP contribution in [0.3, 0.4) is 0 Å². The average molecular weight is 231 g/mol. The van der Waals surface area contributed by atoms with Crippen LogP contribution in [0.1, 0.15) is 24.2 Å². The molecule has 0 fully saturated rings. The number of H-pyrrole nitrogens is 1. The molecule has 2 rings (SSSR count). The lowest BCUT2D eigenvalue weighted by molar-refractivity contribution is 0.185. The maximum atomic E-state index is 5.12. The number of aromatic nitrogens is 2. The van der Waals surface area contributed by atoms with Crippen molar-refractivity contribution >= 4 is 5.69 Å². The van der Waals surface area contributed by atoms with Gasteiger partial charge in [-0.3, -0.25) is 5.10 Å². The molecule has 1 atom stereocenters. The van der Waals surface area contributed by atoms with Crippen molar-refractivity contribution in [2.75, 3.05) is 12.4 Å². The van der Waals surface area contributed by atoms with Crippen molar-refractivity contribution in [1.29, 1.82) is 0 Å². The van der Waals surface area contributed by atoms with Gasteiger partial charge in [-0.2, -0.15) is 5.10 Å². The quantitative estimate of drug-likeness (QED) is 0.831. The third-order valence-corrected chi connectivity index (χ3v) is 2.61. The van der Waals surface area contributed by atoms with Crippen LogP contribution in [-0.4, -0.2) is 17.3 Å². The van der Waals surface area contributed by atoms with Crippen LogP contribution in [0.4, 0.5) is 5.69 Å². The van der Waals surface area contributed by atoms with Crippen molar-refractivity contribution in [3.8, 4) is 0 Å². The molecular weight excluding hydrogens is 214 g/mol. The molecule has 1 aromatic heterocycles. The maximum absolute atomic E-state index is 5.12. The van der Waals surface area contributed by atoms with E-state index < -0.39 is 0 Å². The molecular formula is C13H17N3O. The summed E-state index contributed by atoms with van der Waals surface area (Å²) < 4.78 is 5.12. The summed E-state index contributed by atoms with van der Waals surface area (Å²) in [6, 6.07) is 10.4. The Labute approximate surface area is 101 Å². The number of benzene rings is 1. The number of methoxy groups -OCH3 is 1. The number of nitrogens with zero attached hydrogens (tertiary/aromatic N) is 1. The molecule has 1 heterocycles. The highest BCUT2D eigenvalue weighted by atomic mass is 16.5. The summed E-state index contributed by atoms with van der Waals surface area (Å²) in [5, 5.41) is 10.3. The summed E-state index contributed by atoms with van der Waals surface area (Å²) >= 11 is 0. The number of rotatable bonds is 5. The molecule has 17 heavy (non-hydrogen) atoms. The zero-order valence-corrected chi connectivity index (χ0v) is 10.1. The van der Waals surface area contributed by atoms with E-state index in [1.54, 1.807) is 13.3 Å². The summed E-state index contributed by atoms with van der Waals surface area (Å²) in [5.41, 5.74) is 3.32.